The number of para-hydroxylation sites is 1. The van der Waals surface area contributed by atoms with E-state index in [0.717, 1.165) is 17.3 Å². The molecule has 1 aromatic heterocycles. The van der Waals surface area contributed by atoms with Crippen LogP contribution in [0.4, 0.5) is 0 Å². The molecule has 38 heavy (non-hydrogen) atoms. The third-order valence-electron chi connectivity index (χ3n) is 5.37. The van der Waals surface area contributed by atoms with Crippen LogP contribution >= 0.6 is 11.8 Å². The van der Waals surface area contributed by atoms with Crippen molar-refractivity contribution in [1.29, 1.82) is 0 Å². The van der Waals surface area contributed by atoms with Gasteiger partial charge in [0, 0.05) is 0 Å². The van der Waals surface area contributed by atoms with Crippen LogP contribution in [0.2, 0.25) is 0 Å². The van der Waals surface area contributed by atoms with Gasteiger partial charge >= 0.3 is 0 Å². The predicted molar refractivity (Wildman–Crippen MR) is 149 cm³/mol. The highest BCUT2D eigenvalue weighted by Crippen LogP contribution is 2.27. The number of hydrogen-bond acceptors (Lipinski definition) is 8. The zero-order chi connectivity index (χ0) is 26.9. The number of aromatic nitrogens is 2. The van der Waals surface area contributed by atoms with Crippen molar-refractivity contribution < 1.29 is 19.0 Å². The van der Waals surface area contributed by atoms with Crippen LogP contribution in [0.1, 0.15) is 19.4 Å². The Bertz CT molecular complexity index is 1500. The molecule has 1 heterocycles. The van der Waals surface area contributed by atoms with Crippen LogP contribution in [0.25, 0.3) is 16.6 Å². The van der Waals surface area contributed by atoms with Crippen LogP contribution < -0.4 is 25.2 Å². The van der Waals surface area contributed by atoms with Crippen LogP contribution in [0.5, 0.6) is 17.2 Å². The summed E-state index contributed by atoms with van der Waals surface area (Å²) in [4.78, 5) is 30.6. The maximum Gasteiger partial charge on any atom is 0.266 e. The molecule has 10 heteroatoms. The van der Waals surface area contributed by atoms with E-state index in [2.05, 4.69) is 15.5 Å². The molecule has 0 spiro atoms. The molecule has 3 aromatic carbocycles. The average molecular weight is 533 g/mol. The molecule has 9 nitrogen and oxygen atoms in total. The summed E-state index contributed by atoms with van der Waals surface area (Å²) in [6.45, 7) is 4.87. The molecule has 0 saturated carbocycles. The molecule has 0 unspecified atom stereocenters. The largest absolute Gasteiger partial charge is 0.494 e. The van der Waals surface area contributed by atoms with Crippen molar-refractivity contribution in [1.82, 2.24) is 15.0 Å². The Hall–Kier alpha value is -4.31. The Morgan fingerprint density at radius 1 is 1.03 bits per heavy atom. The Kier molecular flexibility index (Phi) is 8.99. The normalized spacial score (nSPS) is 11.0. The first-order valence-corrected chi connectivity index (χ1v) is 13.0. The van der Waals surface area contributed by atoms with E-state index in [1.54, 1.807) is 61.7 Å². The van der Waals surface area contributed by atoms with Gasteiger partial charge in [-0.25, -0.2) is 10.4 Å². The van der Waals surface area contributed by atoms with Gasteiger partial charge in [-0.2, -0.15) is 5.10 Å². The number of carbonyl (C=O) groups excluding carboxylic acids is 1. The first-order chi connectivity index (χ1) is 18.5. The van der Waals surface area contributed by atoms with Gasteiger partial charge < -0.3 is 14.2 Å². The van der Waals surface area contributed by atoms with Crippen LogP contribution in [0, 0.1) is 0 Å². The Labute approximate surface area is 224 Å². The fourth-order valence-corrected chi connectivity index (χ4v) is 4.48. The van der Waals surface area contributed by atoms with E-state index in [1.165, 1.54) is 10.8 Å². The molecule has 0 aliphatic rings. The lowest BCUT2D eigenvalue weighted by atomic mass is 10.2. The van der Waals surface area contributed by atoms with E-state index in [-0.39, 0.29) is 17.2 Å². The molecule has 0 aliphatic carbocycles. The van der Waals surface area contributed by atoms with Gasteiger partial charge in [-0.3, -0.25) is 14.2 Å². The molecule has 1 amide bonds. The van der Waals surface area contributed by atoms with Gasteiger partial charge in [0.2, 0.25) is 0 Å². The highest BCUT2D eigenvalue weighted by Gasteiger charge is 2.15. The number of hydrogen-bond donors (Lipinski definition) is 1. The second-order valence-electron chi connectivity index (χ2n) is 7.90. The van der Waals surface area contributed by atoms with Crippen molar-refractivity contribution >= 4 is 34.8 Å². The number of thioether (sulfide) groups is 1. The standard InChI is InChI=1S/C28H28N4O5S/c1-4-36-21-13-11-20(12-14-21)32-27(34)22-8-6-7-9-23(22)30-28(32)38-18-26(33)31-29-17-19-10-15-24(37-5-2)25(16-19)35-3/h6-17H,4-5,18H2,1-3H3,(H,31,33). The molecule has 0 radical (unpaired) electrons. The number of hydrazone groups is 1. The van der Waals surface area contributed by atoms with E-state index in [0.29, 0.717) is 52.2 Å². The van der Waals surface area contributed by atoms with Crippen molar-refractivity contribution in [2.24, 2.45) is 5.10 Å². The molecule has 1 N–H and O–H groups in total. The first-order valence-electron chi connectivity index (χ1n) is 12.0. The number of rotatable bonds is 11. The smallest absolute Gasteiger partial charge is 0.266 e. The van der Waals surface area contributed by atoms with Gasteiger partial charge in [0.05, 0.1) is 48.9 Å². The van der Waals surface area contributed by atoms with E-state index in [4.69, 9.17) is 14.2 Å². The first kappa shape index (κ1) is 26.7. The lowest BCUT2D eigenvalue weighted by Gasteiger charge is -2.13. The molecular weight excluding hydrogens is 504 g/mol. The summed E-state index contributed by atoms with van der Waals surface area (Å²) in [5.41, 5.74) is 4.22. The summed E-state index contributed by atoms with van der Waals surface area (Å²) >= 11 is 1.15. The minimum Gasteiger partial charge on any atom is -0.494 e. The van der Waals surface area contributed by atoms with Gasteiger partial charge in [0.15, 0.2) is 16.7 Å². The fraction of sp³-hybridized carbons (Fsp3) is 0.214. The van der Waals surface area contributed by atoms with Gasteiger partial charge in [0.25, 0.3) is 11.5 Å². The lowest BCUT2D eigenvalue weighted by Crippen LogP contribution is -2.24. The Morgan fingerprint density at radius 2 is 1.79 bits per heavy atom. The van der Waals surface area contributed by atoms with Crippen LogP contribution in [-0.4, -0.2) is 47.7 Å². The second-order valence-corrected chi connectivity index (χ2v) is 8.85. The number of amides is 1. The summed E-state index contributed by atoms with van der Waals surface area (Å²) in [7, 11) is 1.56. The lowest BCUT2D eigenvalue weighted by molar-refractivity contribution is -0.118. The van der Waals surface area contributed by atoms with Crippen molar-refractivity contribution in [2.45, 2.75) is 19.0 Å². The summed E-state index contributed by atoms with van der Waals surface area (Å²) in [5.74, 6) is 1.58. The van der Waals surface area contributed by atoms with Crippen molar-refractivity contribution in [3.05, 3.63) is 82.6 Å². The summed E-state index contributed by atoms with van der Waals surface area (Å²) in [5, 5.41) is 4.93. The quantitative estimate of drug-likeness (QED) is 0.132. The number of benzene rings is 3. The number of fused-ring (bicyclic) bond motifs is 1. The molecule has 0 atom stereocenters. The molecule has 196 valence electrons. The molecule has 0 bridgehead atoms. The van der Waals surface area contributed by atoms with E-state index in [1.807, 2.05) is 26.0 Å². The molecule has 4 aromatic rings. The highest BCUT2D eigenvalue weighted by atomic mass is 32.2. The number of ether oxygens (including phenoxy) is 3. The number of nitrogens with zero attached hydrogens (tertiary/aromatic N) is 3. The Balaban J connectivity index is 1.51. The third-order valence-corrected chi connectivity index (χ3v) is 6.31. The topological polar surface area (TPSA) is 104 Å². The summed E-state index contributed by atoms with van der Waals surface area (Å²) in [6.07, 6.45) is 1.52. The highest BCUT2D eigenvalue weighted by molar-refractivity contribution is 7.99. The van der Waals surface area contributed by atoms with Gasteiger partial charge in [-0.1, -0.05) is 23.9 Å². The third kappa shape index (κ3) is 6.33. The van der Waals surface area contributed by atoms with Gasteiger partial charge in [0.1, 0.15) is 5.75 Å². The van der Waals surface area contributed by atoms with Crippen molar-refractivity contribution in [3.8, 4) is 22.9 Å². The average Bonchev–Trinajstić information content (AvgIpc) is 2.93. The maximum atomic E-state index is 13.4. The van der Waals surface area contributed by atoms with E-state index >= 15 is 0 Å². The van der Waals surface area contributed by atoms with Crippen LogP contribution in [0.15, 0.2) is 81.8 Å². The molecule has 0 aliphatic heterocycles. The fourth-order valence-electron chi connectivity index (χ4n) is 3.68. The monoisotopic (exact) mass is 532 g/mol. The number of nitrogens with one attached hydrogen (secondary N) is 1. The summed E-state index contributed by atoms with van der Waals surface area (Å²) < 4.78 is 17.9. The Morgan fingerprint density at radius 3 is 2.53 bits per heavy atom. The molecule has 0 saturated heterocycles. The van der Waals surface area contributed by atoms with Gasteiger partial charge in [-0.15, -0.1) is 0 Å². The van der Waals surface area contributed by atoms with Crippen LogP contribution in [-0.2, 0) is 4.79 Å². The molecule has 0 fully saturated rings. The molecule has 4 rings (SSSR count). The van der Waals surface area contributed by atoms with Crippen molar-refractivity contribution in [2.75, 3.05) is 26.1 Å². The number of carbonyl (C=O) groups is 1. The number of methoxy groups -OCH3 is 1. The predicted octanol–water partition coefficient (Wildman–Crippen LogP) is 4.43. The van der Waals surface area contributed by atoms with Crippen LogP contribution in [0.3, 0.4) is 0 Å². The maximum absolute atomic E-state index is 13.4. The zero-order valence-electron chi connectivity index (χ0n) is 21.3. The zero-order valence-corrected chi connectivity index (χ0v) is 22.2. The molecular formula is C28H28N4O5S. The van der Waals surface area contributed by atoms with E-state index < -0.39 is 0 Å². The second kappa shape index (κ2) is 12.8. The van der Waals surface area contributed by atoms with Gasteiger partial charge in [-0.05, 0) is 74.0 Å². The SMILES string of the molecule is CCOc1ccc(-n2c(SCC(=O)NN=Cc3ccc(OCC)c(OC)c3)nc3ccccc3c2=O)cc1. The summed E-state index contributed by atoms with van der Waals surface area (Å²) in [6, 6.07) is 19.7. The minimum atomic E-state index is -0.343. The van der Waals surface area contributed by atoms with Crippen molar-refractivity contribution in [3.63, 3.8) is 0 Å². The minimum absolute atomic E-state index is 0.00570. The van der Waals surface area contributed by atoms with E-state index in [9.17, 15) is 9.59 Å².